The van der Waals surface area contributed by atoms with Crippen molar-refractivity contribution in [1.82, 2.24) is 9.97 Å². The van der Waals surface area contributed by atoms with Gasteiger partial charge < -0.3 is 4.98 Å². The number of hydrogen-bond donors (Lipinski definition) is 1. The zero-order valence-corrected chi connectivity index (χ0v) is 12.4. The zero-order chi connectivity index (χ0) is 13.8. The first-order valence-electron chi connectivity index (χ1n) is 6.41. The van der Waals surface area contributed by atoms with Crippen LogP contribution in [0.15, 0.2) is 29.7 Å². The molecule has 19 heavy (non-hydrogen) atoms. The van der Waals surface area contributed by atoms with Gasteiger partial charge in [0.1, 0.15) is 0 Å². The number of imidazole rings is 1. The molecule has 1 N–H and O–H groups in total. The Balaban J connectivity index is 0.000000324. The van der Waals surface area contributed by atoms with Gasteiger partial charge in [0.25, 0.3) is 0 Å². The fourth-order valence-electron chi connectivity index (χ4n) is 1.52. The predicted molar refractivity (Wildman–Crippen MR) is 84.9 cm³/mol. The summed E-state index contributed by atoms with van der Waals surface area (Å²) in [6.45, 7) is 13.9. The van der Waals surface area contributed by atoms with Gasteiger partial charge >= 0.3 is 0 Å². The molecule has 2 rings (SSSR count). The Kier molecular flexibility index (Phi) is 6.20. The average Bonchev–Trinajstić information content (AvgIpc) is 2.91. The lowest BCUT2D eigenvalue weighted by molar-refractivity contribution is 0.572. The zero-order valence-electron chi connectivity index (χ0n) is 12.4. The van der Waals surface area contributed by atoms with Crippen molar-refractivity contribution in [3.05, 3.63) is 30.4 Å². The molecule has 0 fully saturated rings. The van der Waals surface area contributed by atoms with Gasteiger partial charge in [-0.25, -0.2) is 4.98 Å². The van der Waals surface area contributed by atoms with Crippen molar-refractivity contribution in [2.24, 2.45) is 10.4 Å². The molecule has 0 spiro atoms. The van der Waals surface area contributed by atoms with Gasteiger partial charge in [0.2, 0.25) is 0 Å². The van der Waals surface area contributed by atoms with Crippen molar-refractivity contribution in [3.63, 3.8) is 0 Å². The van der Waals surface area contributed by atoms with E-state index in [1.165, 1.54) is 11.4 Å². The van der Waals surface area contributed by atoms with Crippen LogP contribution < -0.4 is 0 Å². The van der Waals surface area contributed by atoms with Gasteiger partial charge in [-0.15, -0.1) is 0 Å². The van der Waals surface area contributed by atoms with Crippen LogP contribution in [0.5, 0.6) is 0 Å². The highest BCUT2D eigenvalue weighted by atomic mass is 14.9. The third kappa shape index (κ3) is 5.86. The van der Waals surface area contributed by atoms with Gasteiger partial charge in [-0.1, -0.05) is 55.0 Å². The lowest BCUT2D eigenvalue weighted by atomic mass is 9.90. The molecular formula is C16H29N3. The number of hydrogen-bond acceptors (Lipinski definition) is 2. The van der Waals surface area contributed by atoms with Crippen LogP contribution in [0.25, 0.3) is 0 Å². The molecule has 1 aromatic heterocycles. The Morgan fingerprint density at radius 1 is 1.05 bits per heavy atom. The second kappa shape index (κ2) is 6.69. The number of nitrogens with zero attached hydrogens (tertiary/aromatic N) is 2. The topological polar surface area (TPSA) is 41.0 Å². The molecule has 0 saturated carbocycles. The summed E-state index contributed by atoms with van der Waals surface area (Å²) in [6.07, 6.45) is 7.78. The molecule has 0 saturated heterocycles. The van der Waals surface area contributed by atoms with Crippen LogP contribution in [-0.4, -0.2) is 22.2 Å². The number of aromatic nitrogens is 2. The van der Waals surface area contributed by atoms with Crippen LogP contribution >= 0.6 is 0 Å². The molecule has 0 radical (unpaired) electrons. The third-order valence-corrected chi connectivity index (χ3v) is 2.72. The first kappa shape index (κ1) is 17.6. The van der Waals surface area contributed by atoms with Crippen LogP contribution in [0.2, 0.25) is 0 Å². The van der Waals surface area contributed by atoms with Gasteiger partial charge in [0.15, 0.2) is 0 Å². The standard InChI is InChI=1S/C8H13N.C7H12N2.CH4/c1-8(2,3)7-5-4-6-9-7;1-7(2,3)6-4-8-5-9-6;/h4-5H,6H2,1-3H3;4-5H,1-3H3,(H,8,9);1H4. The largest absolute Gasteiger partial charge is 0.348 e. The van der Waals surface area contributed by atoms with Crippen molar-refractivity contribution >= 4 is 5.71 Å². The van der Waals surface area contributed by atoms with Gasteiger partial charge in [0, 0.05) is 28.4 Å². The molecule has 1 aliphatic heterocycles. The Morgan fingerprint density at radius 2 is 1.68 bits per heavy atom. The SMILES string of the molecule is C.CC(C)(C)C1=NCC=C1.CC(C)(C)c1cnc[nH]1. The summed E-state index contributed by atoms with van der Waals surface area (Å²) in [6, 6.07) is 0. The fraction of sp³-hybridized carbons (Fsp3) is 0.625. The molecule has 3 nitrogen and oxygen atoms in total. The maximum absolute atomic E-state index is 4.31. The van der Waals surface area contributed by atoms with Crippen molar-refractivity contribution in [2.75, 3.05) is 6.54 Å². The number of aromatic amines is 1. The molecule has 0 bridgehead atoms. The fourth-order valence-corrected chi connectivity index (χ4v) is 1.52. The van der Waals surface area contributed by atoms with Gasteiger partial charge in [-0.3, -0.25) is 4.99 Å². The Hall–Kier alpha value is -1.38. The van der Waals surface area contributed by atoms with Crippen LogP contribution in [0, 0.1) is 5.41 Å². The number of aliphatic imine (C=N–C) groups is 1. The van der Waals surface area contributed by atoms with E-state index in [1.54, 1.807) is 6.33 Å². The quantitative estimate of drug-likeness (QED) is 0.741. The summed E-state index contributed by atoms with van der Waals surface area (Å²) in [5.74, 6) is 0. The molecule has 0 amide bonds. The molecule has 0 aliphatic carbocycles. The molecule has 0 aromatic carbocycles. The second-order valence-corrected chi connectivity index (χ2v) is 6.59. The lowest BCUT2D eigenvalue weighted by Crippen LogP contribution is -2.16. The summed E-state index contributed by atoms with van der Waals surface area (Å²) < 4.78 is 0. The normalized spacial score (nSPS) is 14.3. The number of allylic oxidation sites excluding steroid dienone is 1. The highest BCUT2D eigenvalue weighted by molar-refractivity contribution is 6.00. The minimum absolute atomic E-state index is 0. The highest BCUT2D eigenvalue weighted by Gasteiger charge is 2.17. The summed E-state index contributed by atoms with van der Waals surface area (Å²) in [5, 5.41) is 0. The van der Waals surface area contributed by atoms with Crippen molar-refractivity contribution in [1.29, 1.82) is 0 Å². The van der Waals surface area contributed by atoms with Gasteiger partial charge in [0.05, 0.1) is 12.9 Å². The summed E-state index contributed by atoms with van der Waals surface area (Å²) in [5.41, 5.74) is 2.86. The highest BCUT2D eigenvalue weighted by Crippen LogP contribution is 2.19. The molecule has 1 aromatic rings. The summed E-state index contributed by atoms with van der Waals surface area (Å²) in [7, 11) is 0. The van der Waals surface area contributed by atoms with Crippen molar-refractivity contribution in [3.8, 4) is 0 Å². The van der Waals surface area contributed by atoms with E-state index >= 15 is 0 Å². The molecule has 0 atom stereocenters. The number of H-pyrrole nitrogens is 1. The van der Waals surface area contributed by atoms with E-state index in [4.69, 9.17) is 0 Å². The van der Waals surface area contributed by atoms with Crippen LogP contribution in [0.4, 0.5) is 0 Å². The van der Waals surface area contributed by atoms with Crippen LogP contribution in [0.3, 0.4) is 0 Å². The molecular weight excluding hydrogens is 234 g/mol. The Labute approximate surface area is 118 Å². The number of nitrogens with one attached hydrogen (secondary N) is 1. The van der Waals surface area contributed by atoms with E-state index in [0.717, 1.165) is 6.54 Å². The minimum atomic E-state index is 0. The smallest absolute Gasteiger partial charge is 0.0921 e. The number of rotatable bonds is 0. The van der Waals surface area contributed by atoms with Crippen LogP contribution in [-0.2, 0) is 5.41 Å². The summed E-state index contributed by atoms with van der Waals surface area (Å²) >= 11 is 0. The minimum Gasteiger partial charge on any atom is -0.348 e. The molecule has 108 valence electrons. The summed E-state index contributed by atoms with van der Waals surface area (Å²) in [4.78, 5) is 11.3. The lowest BCUT2D eigenvalue weighted by Gasteiger charge is -2.16. The Bertz CT molecular complexity index is 412. The maximum atomic E-state index is 4.31. The van der Waals surface area contributed by atoms with E-state index < -0.39 is 0 Å². The van der Waals surface area contributed by atoms with E-state index in [2.05, 4.69) is 68.7 Å². The monoisotopic (exact) mass is 263 g/mol. The van der Waals surface area contributed by atoms with Gasteiger partial charge in [-0.05, 0) is 6.08 Å². The van der Waals surface area contributed by atoms with Crippen molar-refractivity contribution in [2.45, 2.75) is 54.4 Å². The average molecular weight is 263 g/mol. The second-order valence-electron chi connectivity index (χ2n) is 6.59. The Morgan fingerprint density at radius 3 is 1.89 bits per heavy atom. The molecule has 3 heteroatoms. The van der Waals surface area contributed by atoms with E-state index in [0.29, 0.717) is 0 Å². The molecule has 2 heterocycles. The van der Waals surface area contributed by atoms with Crippen molar-refractivity contribution < 1.29 is 0 Å². The van der Waals surface area contributed by atoms with E-state index in [-0.39, 0.29) is 18.3 Å². The van der Waals surface area contributed by atoms with Gasteiger partial charge in [-0.2, -0.15) is 0 Å². The molecule has 0 unspecified atom stereocenters. The first-order valence-corrected chi connectivity index (χ1v) is 6.41. The maximum Gasteiger partial charge on any atom is 0.0921 e. The van der Waals surface area contributed by atoms with E-state index in [1.807, 2.05) is 6.20 Å². The first-order chi connectivity index (χ1) is 8.21. The third-order valence-electron chi connectivity index (χ3n) is 2.72. The predicted octanol–water partition coefficient (Wildman–Crippen LogP) is 4.39. The molecule has 1 aliphatic rings. The van der Waals surface area contributed by atoms with E-state index in [9.17, 15) is 0 Å². The van der Waals surface area contributed by atoms with Crippen LogP contribution in [0.1, 0.15) is 54.7 Å².